The van der Waals surface area contributed by atoms with Gasteiger partial charge in [0.2, 0.25) is 0 Å². The first kappa shape index (κ1) is 16.0. The molecule has 0 aliphatic heterocycles. The second-order valence-corrected chi connectivity index (χ2v) is 7.43. The van der Waals surface area contributed by atoms with E-state index in [-0.39, 0.29) is 17.6 Å². The highest BCUT2D eigenvalue weighted by molar-refractivity contribution is 7.91. The molecule has 0 spiro atoms. The van der Waals surface area contributed by atoms with E-state index in [0.717, 1.165) is 5.56 Å². The predicted octanol–water partition coefficient (Wildman–Crippen LogP) is 2.33. The summed E-state index contributed by atoms with van der Waals surface area (Å²) in [5.41, 5.74) is 0.838. The monoisotopic (exact) mass is 286 g/mol. The van der Waals surface area contributed by atoms with E-state index in [1.807, 2.05) is 6.92 Å². The fourth-order valence-electron chi connectivity index (χ4n) is 1.53. The van der Waals surface area contributed by atoms with Crippen molar-refractivity contribution in [3.8, 4) is 5.75 Å². The van der Waals surface area contributed by atoms with Crippen molar-refractivity contribution in [1.82, 2.24) is 0 Å². The summed E-state index contributed by atoms with van der Waals surface area (Å²) in [6.07, 6.45) is 0.197. The van der Waals surface area contributed by atoms with Gasteiger partial charge in [-0.15, -0.1) is 0 Å². The summed E-state index contributed by atoms with van der Waals surface area (Å²) in [5.74, 6) is 0.635. The molecule has 0 fully saturated rings. The number of benzene rings is 1. The van der Waals surface area contributed by atoms with E-state index in [4.69, 9.17) is 4.74 Å². The largest absolute Gasteiger partial charge is 0.493 e. The Hall–Kier alpha value is -1.07. The molecule has 1 atom stereocenters. The summed E-state index contributed by atoms with van der Waals surface area (Å²) in [4.78, 5) is 0. The van der Waals surface area contributed by atoms with Gasteiger partial charge in [-0.3, -0.25) is 0 Å². The Kier molecular flexibility index (Phi) is 5.82. The van der Waals surface area contributed by atoms with Crippen molar-refractivity contribution >= 4 is 9.84 Å². The maximum absolute atomic E-state index is 11.6. The number of sulfone groups is 1. The minimum atomic E-state index is -3.06. The van der Waals surface area contributed by atoms with Crippen molar-refractivity contribution < 1.29 is 18.3 Å². The van der Waals surface area contributed by atoms with E-state index >= 15 is 0 Å². The number of aliphatic hydroxyl groups is 1. The lowest BCUT2D eigenvalue weighted by Gasteiger charge is -2.11. The van der Waals surface area contributed by atoms with Gasteiger partial charge in [0.1, 0.15) is 12.4 Å². The Labute approximate surface area is 115 Å². The van der Waals surface area contributed by atoms with Gasteiger partial charge in [0.25, 0.3) is 0 Å². The van der Waals surface area contributed by atoms with E-state index < -0.39 is 15.9 Å². The lowest BCUT2D eigenvalue weighted by Crippen LogP contribution is -2.22. The molecule has 0 aliphatic carbocycles. The third kappa shape index (κ3) is 4.84. The summed E-state index contributed by atoms with van der Waals surface area (Å²) >= 11 is 0. The first-order valence-corrected chi connectivity index (χ1v) is 8.20. The molecule has 5 heteroatoms. The van der Waals surface area contributed by atoms with Gasteiger partial charge in [0.05, 0.1) is 17.1 Å². The minimum absolute atomic E-state index is 0.0179. The molecule has 1 aromatic rings. The van der Waals surface area contributed by atoms with Crippen LogP contribution in [0.15, 0.2) is 24.3 Å². The van der Waals surface area contributed by atoms with Crippen LogP contribution in [0, 0.1) is 0 Å². The normalized spacial score (nSPS) is 13.5. The Morgan fingerprint density at radius 3 is 2.26 bits per heavy atom. The number of aliphatic hydroxyl groups excluding tert-OH is 1. The van der Waals surface area contributed by atoms with Crippen LogP contribution in [0.2, 0.25) is 0 Å². The van der Waals surface area contributed by atoms with Crippen LogP contribution in [0.4, 0.5) is 0 Å². The van der Waals surface area contributed by atoms with Gasteiger partial charge in [0, 0.05) is 0 Å². The Bertz CT molecular complexity index is 477. The second kappa shape index (κ2) is 6.91. The molecule has 1 unspecified atom stereocenters. The highest BCUT2D eigenvalue weighted by Gasteiger charge is 2.15. The van der Waals surface area contributed by atoms with Crippen molar-refractivity contribution in [2.24, 2.45) is 0 Å². The summed E-state index contributed by atoms with van der Waals surface area (Å²) in [6, 6.07) is 7.08. The number of ether oxygens (including phenoxy) is 1. The van der Waals surface area contributed by atoms with Crippen LogP contribution in [0.25, 0.3) is 0 Å². The van der Waals surface area contributed by atoms with E-state index in [0.29, 0.717) is 12.2 Å². The third-order valence-corrected chi connectivity index (χ3v) is 5.18. The molecule has 0 radical (unpaired) electrons. The zero-order valence-corrected chi connectivity index (χ0v) is 12.5. The van der Waals surface area contributed by atoms with Crippen LogP contribution >= 0.6 is 0 Å². The first-order valence-electron chi connectivity index (χ1n) is 6.49. The van der Waals surface area contributed by atoms with Gasteiger partial charge < -0.3 is 9.84 Å². The average Bonchev–Trinajstić information content (AvgIpc) is 2.38. The summed E-state index contributed by atoms with van der Waals surface area (Å²) in [6.45, 7) is 5.38. The zero-order valence-electron chi connectivity index (χ0n) is 11.7. The van der Waals surface area contributed by atoms with Gasteiger partial charge in [-0.1, -0.05) is 19.1 Å². The van der Waals surface area contributed by atoms with Crippen molar-refractivity contribution in [1.29, 1.82) is 0 Å². The van der Waals surface area contributed by atoms with Crippen LogP contribution < -0.4 is 4.74 Å². The first-order chi connectivity index (χ1) is 8.86. The molecule has 0 bridgehead atoms. The molecule has 1 N–H and O–H groups in total. The molecule has 0 saturated heterocycles. The molecule has 4 nitrogen and oxygen atoms in total. The predicted molar refractivity (Wildman–Crippen MR) is 76.1 cm³/mol. The molecule has 19 heavy (non-hydrogen) atoms. The van der Waals surface area contributed by atoms with Crippen molar-refractivity contribution in [2.45, 2.75) is 38.5 Å². The van der Waals surface area contributed by atoms with E-state index in [1.54, 1.807) is 38.1 Å². The van der Waals surface area contributed by atoms with Gasteiger partial charge in [-0.2, -0.15) is 0 Å². The minimum Gasteiger partial charge on any atom is -0.493 e. The van der Waals surface area contributed by atoms with Crippen LogP contribution in [0.5, 0.6) is 5.75 Å². The van der Waals surface area contributed by atoms with Gasteiger partial charge in [-0.05, 0) is 38.0 Å². The standard InChI is InChI=1S/C14H22O4S/c1-4-14(15)12-5-7-13(8-6-12)18-9-10-19(16,17)11(2)3/h5-8,11,14-15H,4,9-10H2,1-3H3. The highest BCUT2D eigenvalue weighted by Crippen LogP contribution is 2.19. The van der Waals surface area contributed by atoms with Crippen molar-refractivity contribution in [3.63, 3.8) is 0 Å². The molecule has 1 aromatic carbocycles. The molecular weight excluding hydrogens is 264 g/mol. The molecule has 0 heterocycles. The lowest BCUT2D eigenvalue weighted by atomic mass is 10.1. The van der Waals surface area contributed by atoms with Crippen LogP contribution in [0.1, 0.15) is 38.9 Å². The number of rotatable bonds is 7. The maximum atomic E-state index is 11.6. The van der Waals surface area contributed by atoms with Crippen LogP contribution in [0.3, 0.4) is 0 Å². The van der Waals surface area contributed by atoms with Gasteiger partial charge in [0.15, 0.2) is 9.84 Å². The Morgan fingerprint density at radius 1 is 1.21 bits per heavy atom. The maximum Gasteiger partial charge on any atom is 0.155 e. The van der Waals surface area contributed by atoms with Crippen molar-refractivity contribution in [3.05, 3.63) is 29.8 Å². The van der Waals surface area contributed by atoms with Gasteiger partial charge in [-0.25, -0.2) is 8.42 Å². The zero-order chi connectivity index (χ0) is 14.5. The quantitative estimate of drug-likeness (QED) is 0.835. The summed E-state index contributed by atoms with van der Waals surface area (Å²) in [7, 11) is -3.06. The summed E-state index contributed by atoms with van der Waals surface area (Å²) < 4.78 is 28.6. The molecule has 0 aliphatic rings. The van der Waals surface area contributed by atoms with E-state index in [2.05, 4.69) is 0 Å². The van der Waals surface area contributed by atoms with E-state index in [1.165, 1.54) is 0 Å². The molecule has 108 valence electrons. The molecular formula is C14H22O4S. The second-order valence-electron chi connectivity index (χ2n) is 4.76. The topological polar surface area (TPSA) is 63.6 Å². The SMILES string of the molecule is CCC(O)c1ccc(OCCS(=O)(=O)C(C)C)cc1. The summed E-state index contributed by atoms with van der Waals surface area (Å²) in [5, 5.41) is 9.27. The molecule has 0 aromatic heterocycles. The smallest absolute Gasteiger partial charge is 0.155 e. The van der Waals surface area contributed by atoms with E-state index in [9.17, 15) is 13.5 Å². The fraction of sp³-hybridized carbons (Fsp3) is 0.571. The number of hydrogen-bond acceptors (Lipinski definition) is 4. The van der Waals surface area contributed by atoms with Gasteiger partial charge >= 0.3 is 0 Å². The molecule has 1 rings (SSSR count). The third-order valence-electron chi connectivity index (χ3n) is 3.01. The van der Waals surface area contributed by atoms with Crippen LogP contribution in [-0.2, 0) is 9.84 Å². The fourth-order valence-corrected chi connectivity index (χ4v) is 2.32. The molecule has 0 saturated carbocycles. The van der Waals surface area contributed by atoms with Crippen LogP contribution in [-0.4, -0.2) is 31.1 Å². The average molecular weight is 286 g/mol. The Morgan fingerprint density at radius 2 is 1.79 bits per heavy atom. The lowest BCUT2D eigenvalue weighted by molar-refractivity contribution is 0.173. The molecule has 0 amide bonds. The van der Waals surface area contributed by atoms with Crippen molar-refractivity contribution in [2.75, 3.05) is 12.4 Å². The Balaban J connectivity index is 2.51. The number of hydrogen-bond donors (Lipinski definition) is 1. The highest BCUT2D eigenvalue weighted by atomic mass is 32.2.